The molecule has 2 rings (SSSR count). The molecular weight excluding hydrogens is 1240 g/mol. The first-order valence-electron chi connectivity index (χ1n) is 10.1. The van der Waals surface area contributed by atoms with Gasteiger partial charge in [-0.25, -0.2) is 0 Å². The fourth-order valence-electron chi connectivity index (χ4n) is 2.15. The van der Waals surface area contributed by atoms with E-state index in [-0.39, 0.29) is 61.8 Å². The summed E-state index contributed by atoms with van der Waals surface area (Å²) in [7, 11) is 0. The maximum atomic E-state index is 2.28. The molecule has 0 spiro atoms. The summed E-state index contributed by atoms with van der Waals surface area (Å²) in [5.74, 6) is 0. The van der Waals surface area contributed by atoms with E-state index < -0.39 is 0 Å². The van der Waals surface area contributed by atoms with Crippen molar-refractivity contribution in [3.8, 4) is 0 Å². The van der Waals surface area contributed by atoms with Crippen molar-refractivity contribution in [1.29, 1.82) is 0 Å². The van der Waals surface area contributed by atoms with Gasteiger partial charge in [0.25, 0.3) is 0 Å². The van der Waals surface area contributed by atoms with E-state index in [1.807, 2.05) is 0 Å². The zero-order valence-corrected chi connectivity index (χ0v) is 36.0. The SMILES string of the molecule is C[CH-]C(C)=[C](C)[Bi]=[Bi].C[CH-]C(C)=[C](C)[Bi]=[Bi].[Zr+2].c1ccc(CCc2ccccc2)cc1. The molecule has 2 aromatic rings. The van der Waals surface area contributed by atoms with Gasteiger partial charge in [-0.05, 0) is 24.0 Å². The van der Waals surface area contributed by atoms with Crippen molar-refractivity contribution in [1.82, 2.24) is 0 Å². The first-order valence-corrected chi connectivity index (χ1v) is 44.0. The van der Waals surface area contributed by atoms with Crippen molar-refractivity contribution in [2.45, 2.75) is 54.4 Å². The van der Waals surface area contributed by atoms with Crippen molar-refractivity contribution in [2.24, 2.45) is 0 Å². The molecule has 0 aliphatic rings. The van der Waals surface area contributed by atoms with Crippen LogP contribution in [0.4, 0.5) is 0 Å². The average molecular weight is 1270 g/mol. The predicted octanol–water partition coefficient (Wildman–Crippen LogP) is 6.05. The number of allylic oxidation sites excluding steroid dienone is 4. The van der Waals surface area contributed by atoms with Crippen molar-refractivity contribution in [2.75, 3.05) is 0 Å². The van der Waals surface area contributed by atoms with Crippen molar-refractivity contribution >= 4 is 74.1 Å². The second kappa shape index (κ2) is 23.8. The molecule has 0 aliphatic heterocycles. The number of hydrogen-bond donors (Lipinski definition) is 0. The number of rotatable bonds is 7. The Hall–Kier alpha value is 2.08. The Labute approximate surface area is 252 Å². The fraction of sp³-hybridized carbons (Fsp3) is 0.308. The van der Waals surface area contributed by atoms with Gasteiger partial charge in [-0.2, -0.15) is 0 Å². The van der Waals surface area contributed by atoms with Gasteiger partial charge < -0.3 is 0 Å². The summed E-state index contributed by atoms with van der Waals surface area (Å²) in [4.78, 5) is 0. The summed E-state index contributed by atoms with van der Waals surface area (Å²) in [6.07, 6.45) is 6.69. The molecule has 0 aliphatic carbocycles. The van der Waals surface area contributed by atoms with Crippen molar-refractivity contribution in [3.05, 3.63) is 102 Å². The largest absolute Gasteiger partial charge is 2.00 e. The Balaban J connectivity index is 0. The molecule has 0 saturated carbocycles. The minimum atomic E-state index is -0.0751. The van der Waals surface area contributed by atoms with Crippen LogP contribution in [-0.4, -0.2) is 74.1 Å². The van der Waals surface area contributed by atoms with E-state index in [1.165, 1.54) is 22.3 Å². The number of benzene rings is 2. The molecule has 0 fully saturated rings. The molecule has 0 aromatic heterocycles. The van der Waals surface area contributed by atoms with Crippen LogP contribution < -0.4 is 0 Å². The summed E-state index contributed by atoms with van der Waals surface area (Å²) in [5.41, 5.74) is 5.89. The van der Waals surface area contributed by atoms with Gasteiger partial charge in [0.1, 0.15) is 0 Å². The Morgan fingerprint density at radius 3 is 1.13 bits per heavy atom. The molecule has 31 heavy (non-hydrogen) atoms. The van der Waals surface area contributed by atoms with Gasteiger partial charge in [0.05, 0.1) is 0 Å². The third-order valence-corrected chi connectivity index (χ3v) is 30.2. The van der Waals surface area contributed by atoms with Crippen LogP contribution in [0, 0.1) is 12.8 Å². The Morgan fingerprint density at radius 2 is 0.935 bits per heavy atom. The second-order valence-electron chi connectivity index (χ2n) is 6.79. The first-order chi connectivity index (χ1) is 14.4. The topological polar surface area (TPSA) is 0 Å². The Morgan fingerprint density at radius 1 is 0.645 bits per heavy atom. The average Bonchev–Trinajstić information content (AvgIpc) is 2.82. The van der Waals surface area contributed by atoms with Gasteiger partial charge in [0, 0.05) is 0 Å². The molecule has 162 valence electrons. The van der Waals surface area contributed by atoms with Crippen molar-refractivity contribution in [3.63, 3.8) is 0 Å². The number of aryl methyl sites for hydroxylation is 2. The van der Waals surface area contributed by atoms with Crippen molar-refractivity contribution < 1.29 is 26.2 Å². The molecule has 0 unspecified atom stereocenters. The minimum absolute atomic E-state index is 0. The van der Waals surface area contributed by atoms with E-state index in [0.717, 1.165) is 12.8 Å². The molecule has 0 amide bonds. The van der Waals surface area contributed by atoms with E-state index in [1.54, 1.807) is 45.1 Å². The summed E-state index contributed by atoms with van der Waals surface area (Å²) < 4.78 is 3.45. The standard InChI is InChI=1S/C14H14.2C6H10.4Bi.Zr/c1-3-7-13(8-4-1)11-12-14-9-5-2-6-10-14;2*1-4-6(3)5-2;;;;;/h1-10H,11-12H2;2*4H,1-3H3;;;;;/q;2*-1;;;;;+2. The van der Waals surface area contributed by atoms with Crippen LogP contribution in [0.3, 0.4) is 0 Å². The molecule has 0 nitrogen and oxygen atoms in total. The van der Waals surface area contributed by atoms with Gasteiger partial charge in [0.15, 0.2) is 0 Å². The smallest absolute Gasteiger partial charge is 0.0622 e. The summed E-state index contributed by atoms with van der Waals surface area (Å²) in [6, 6.07) is 21.2. The van der Waals surface area contributed by atoms with Gasteiger partial charge in [0.2, 0.25) is 0 Å². The molecule has 0 saturated heterocycles. The zero-order chi connectivity index (χ0) is 22.8. The van der Waals surface area contributed by atoms with Gasteiger partial charge in [-0.15, -0.1) is 0 Å². The molecule has 2 aromatic carbocycles. The third kappa shape index (κ3) is 19.0. The van der Waals surface area contributed by atoms with E-state index in [2.05, 4.69) is 115 Å². The minimum Gasteiger partial charge on any atom is -0.0622 e. The zero-order valence-electron chi connectivity index (χ0n) is 19.6. The molecule has 0 heterocycles. The van der Waals surface area contributed by atoms with E-state index >= 15 is 0 Å². The molecule has 5 heteroatoms. The summed E-state index contributed by atoms with van der Waals surface area (Å²) in [6.45, 7) is 13.2. The predicted molar refractivity (Wildman–Crippen MR) is 140 cm³/mol. The second-order valence-corrected chi connectivity index (χ2v) is 27.2. The van der Waals surface area contributed by atoms with Crippen LogP contribution in [0.15, 0.2) is 78.4 Å². The Kier molecular flexibility index (Phi) is 27.1. The first kappa shape index (κ1) is 35.2. The Bertz CT molecular complexity index is 727. The van der Waals surface area contributed by atoms with E-state index in [9.17, 15) is 0 Å². The normalized spacial score (nSPS) is 10.9. The maximum absolute atomic E-state index is 2.28. The molecular formula is C26H34Bi4Zr. The van der Waals surface area contributed by atoms with Crippen LogP contribution in [0.1, 0.15) is 52.7 Å². The van der Waals surface area contributed by atoms with Crippen LogP contribution in [0.5, 0.6) is 0 Å². The molecule has 0 bridgehead atoms. The van der Waals surface area contributed by atoms with Crippen LogP contribution in [0.25, 0.3) is 0 Å². The van der Waals surface area contributed by atoms with E-state index in [4.69, 9.17) is 0 Å². The van der Waals surface area contributed by atoms with Crippen LogP contribution >= 0.6 is 0 Å². The summed E-state index contributed by atoms with van der Waals surface area (Å²) >= 11 is 3.16. The van der Waals surface area contributed by atoms with Crippen LogP contribution in [-0.2, 0) is 39.0 Å². The van der Waals surface area contributed by atoms with E-state index in [0.29, 0.717) is 0 Å². The van der Waals surface area contributed by atoms with Gasteiger partial charge in [-0.1, -0.05) is 60.7 Å². The van der Waals surface area contributed by atoms with Gasteiger partial charge in [-0.3, -0.25) is 0 Å². The molecule has 0 N–H and O–H groups in total. The molecule has 2 radical (unpaired) electrons. The summed E-state index contributed by atoms with van der Waals surface area (Å²) in [5, 5.41) is 0. The quantitative estimate of drug-likeness (QED) is 0.234. The molecule has 0 atom stereocenters. The van der Waals surface area contributed by atoms with Crippen LogP contribution in [0.2, 0.25) is 0 Å². The monoisotopic (exact) mass is 1270 g/mol. The van der Waals surface area contributed by atoms with Gasteiger partial charge >= 0.3 is 172 Å². The number of hydrogen-bond acceptors (Lipinski definition) is 0. The third-order valence-electron chi connectivity index (χ3n) is 4.70. The maximum Gasteiger partial charge on any atom is 2.00 e. The fourth-order valence-corrected chi connectivity index (χ4v) is 15.1.